The summed E-state index contributed by atoms with van der Waals surface area (Å²) in [5, 5.41) is 0. The molecule has 4 rings (SSSR count). The molecule has 124 valence electrons. The Morgan fingerprint density at radius 3 is 2.18 bits per heavy atom. The second kappa shape index (κ2) is 7.74. The zero-order valence-electron chi connectivity index (χ0n) is 14.2. The summed E-state index contributed by atoms with van der Waals surface area (Å²) in [4.78, 5) is 16.4. The zero-order valence-corrected chi connectivity index (χ0v) is 14.2. The van der Waals surface area contributed by atoms with Gasteiger partial charge in [-0.25, -0.2) is 0 Å². The van der Waals surface area contributed by atoms with Crippen molar-refractivity contribution in [2.45, 2.75) is 76.8 Å². The predicted molar refractivity (Wildman–Crippen MR) is 91.0 cm³/mol. The minimum Gasteiger partial charge on any atom is -0.298 e. The fraction of sp³-hybridized carbons (Fsp3) is 0.842. The third kappa shape index (κ3) is 3.80. The fourth-order valence-corrected chi connectivity index (χ4v) is 4.61. The highest BCUT2D eigenvalue weighted by Gasteiger charge is 2.30. The van der Waals surface area contributed by atoms with Crippen LogP contribution in [0.3, 0.4) is 0 Å². The van der Waals surface area contributed by atoms with Crippen LogP contribution in [0.15, 0.2) is 11.6 Å². The number of nitrogens with zero attached hydrogens (tertiary/aromatic N) is 2. The highest BCUT2D eigenvalue weighted by atomic mass is 16.1. The molecule has 3 nitrogen and oxygen atoms in total. The van der Waals surface area contributed by atoms with Crippen molar-refractivity contribution in [3.8, 4) is 0 Å². The summed E-state index contributed by atoms with van der Waals surface area (Å²) in [6.45, 7) is 7.27. The topological polar surface area (TPSA) is 23.6 Å². The Bertz CT molecular complexity index is 414. The Kier molecular flexibility index (Phi) is 5.70. The van der Waals surface area contributed by atoms with Crippen LogP contribution >= 0.6 is 0 Å². The molecule has 0 aliphatic carbocycles. The van der Waals surface area contributed by atoms with E-state index in [9.17, 15) is 4.79 Å². The molecule has 4 aliphatic rings. The average Bonchev–Trinajstić information content (AvgIpc) is 2.57. The van der Waals surface area contributed by atoms with Gasteiger partial charge in [0, 0.05) is 19.0 Å². The molecule has 3 heteroatoms. The van der Waals surface area contributed by atoms with Gasteiger partial charge in [0.15, 0.2) is 0 Å². The molecule has 0 saturated carbocycles. The van der Waals surface area contributed by atoms with Crippen molar-refractivity contribution in [2.75, 3.05) is 26.2 Å². The maximum Gasteiger partial charge on any atom is 0.150 e. The van der Waals surface area contributed by atoms with E-state index in [0.717, 1.165) is 38.4 Å². The molecular weight excluding hydrogens is 272 g/mol. The van der Waals surface area contributed by atoms with Crippen molar-refractivity contribution >= 4 is 5.78 Å². The largest absolute Gasteiger partial charge is 0.298 e. The molecule has 3 saturated heterocycles. The van der Waals surface area contributed by atoms with Gasteiger partial charge in [-0.2, -0.15) is 0 Å². The maximum absolute atomic E-state index is 11.4. The van der Waals surface area contributed by atoms with E-state index in [2.05, 4.69) is 22.8 Å². The van der Waals surface area contributed by atoms with Gasteiger partial charge in [-0.1, -0.05) is 24.5 Å². The van der Waals surface area contributed by atoms with Crippen LogP contribution in [-0.2, 0) is 4.79 Å². The van der Waals surface area contributed by atoms with Gasteiger partial charge < -0.3 is 0 Å². The molecule has 0 spiro atoms. The standard InChI is InChI=1S/C10H17N.C9H15NO/c1-9-5-4-8-11-7-3-2-6-10(9)11;11-9-5-3-7-10-6-2-1-4-8(9)10/h5,10H,2-4,6-8H2,1H3;8H,1-7H2. The third-order valence-corrected chi connectivity index (χ3v) is 5.88. The van der Waals surface area contributed by atoms with Crippen molar-refractivity contribution in [3.63, 3.8) is 0 Å². The Hall–Kier alpha value is -0.670. The van der Waals surface area contributed by atoms with E-state index >= 15 is 0 Å². The highest BCUT2D eigenvalue weighted by molar-refractivity contribution is 5.84. The van der Waals surface area contributed by atoms with Gasteiger partial charge in [-0.05, 0) is 65.1 Å². The second-order valence-corrected chi connectivity index (χ2v) is 7.40. The van der Waals surface area contributed by atoms with Crippen LogP contribution in [0.4, 0.5) is 0 Å². The van der Waals surface area contributed by atoms with Gasteiger partial charge in [-0.15, -0.1) is 0 Å². The predicted octanol–water partition coefficient (Wildman–Crippen LogP) is 3.39. The number of rotatable bonds is 0. The summed E-state index contributed by atoms with van der Waals surface area (Å²) < 4.78 is 0. The normalized spacial score (nSPS) is 33.1. The first-order valence-electron chi connectivity index (χ1n) is 9.43. The molecule has 2 atom stereocenters. The lowest BCUT2D eigenvalue weighted by atomic mass is 9.92. The maximum atomic E-state index is 11.4. The number of fused-ring (bicyclic) bond motifs is 2. The molecule has 0 aromatic rings. The van der Waals surface area contributed by atoms with Crippen LogP contribution in [0.2, 0.25) is 0 Å². The van der Waals surface area contributed by atoms with Gasteiger partial charge in [-0.3, -0.25) is 14.6 Å². The van der Waals surface area contributed by atoms with Gasteiger partial charge >= 0.3 is 0 Å². The number of carbonyl (C=O) groups is 1. The molecule has 2 unspecified atom stereocenters. The van der Waals surface area contributed by atoms with E-state index in [4.69, 9.17) is 0 Å². The van der Waals surface area contributed by atoms with Crippen molar-refractivity contribution in [2.24, 2.45) is 0 Å². The van der Waals surface area contributed by atoms with E-state index in [1.54, 1.807) is 5.57 Å². The van der Waals surface area contributed by atoms with Crippen molar-refractivity contribution in [1.29, 1.82) is 0 Å². The smallest absolute Gasteiger partial charge is 0.150 e. The van der Waals surface area contributed by atoms with Crippen molar-refractivity contribution in [1.82, 2.24) is 9.80 Å². The van der Waals surface area contributed by atoms with Gasteiger partial charge in [0.05, 0.1) is 6.04 Å². The monoisotopic (exact) mass is 304 g/mol. The van der Waals surface area contributed by atoms with E-state index in [-0.39, 0.29) is 0 Å². The number of carbonyl (C=O) groups excluding carboxylic acids is 1. The summed E-state index contributed by atoms with van der Waals surface area (Å²) in [5.74, 6) is 0.496. The van der Waals surface area contributed by atoms with Gasteiger partial charge in [0.2, 0.25) is 0 Å². The van der Waals surface area contributed by atoms with Crippen molar-refractivity contribution in [3.05, 3.63) is 11.6 Å². The number of Topliss-reactive ketones (excluding diaryl/α,β-unsaturated/α-hetero) is 1. The van der Waals surface area contributed by atoms with Crippen LogP contribution < -0.4 is 0 Å². The minimum atomic E-state index is 0.317. The average molecular weight is 304 g/mol. The molecule has 0 N–H and O–H groups in total. The summed E-state index contributed by atoms with van der Waals surface area (Å²) in [5.41, 5.74) is 1.62. The zero-order chi connectivity index (χ0) is 15.4. The lowest BCUT2D eigenvalue weighted by molar-refractivity contribution is -0.128. The molecule has 0 aromatic heterocycles. The number of piperidine rings is 3. The molecule has 3 fully saturated rings. The molecule has 0 radical (unpaired) electrons. The molecule has 22 heavy (non-hydrogen) atoms. The van der Waals surface area contributed by atoms with Crippen LogP contribution in [0.25, 0.3) is 0 Å². The van der Waals surface area contributed by atoms with E-state index < -0.39 is 0 Å². The van der Waals surface area contributed by atoms with E-state index in [0.29, 0.717) is 11.8 Å². The van der Waals surface area contributed by atoms with Gasteiger partial charge in [0.1, 0.15) is 5.78 Å². The summed E-state index contributed by atoms with van der Waals surface area (Å²) in [6, 6.07) is 1.13. The molecule has 4 heterocycles. The Morgan fingerprint density at radius 2 is 1.50 bits per heavy atom. The number of hydrogen-bond donors (Lipinski definition) is 0. The summed E-state index contributed by atoms with van der Waals surface area (Å²) in [6.07, 6.45) is 13.6. The third-order valence-electron chi connectivity index (χ3n) is 5.88. The molecular formula is C19H32N2O. The summed E-state index contributed by atoms with van der Waals surface area (Å²) >= 11 is 0. The van der Waals surface area contributed by atoms with Crippen LogP contribution in [0.1, 0.15) is 64.7 Å². The first kappa shape index (κ1) is 16.2. The molecule has 4 aliphatic heterocycles. The minimum absolute atomic E-state index is 0.317. The molecule has 0 amide bonds. The Labute approximate surface area is 135 Å². The second-order valence-electron chi connectivity index (χ2n) is 7.40. The first-order valence-corrected chi connectivity index (χ1v) is 9.43. The van der Waals surface area contributed by atoms with Crippen LogP contribution in [0.5, 0.6) is 0 Å². The Balaban J connectivity index is 0.000000131. The number of ketones is 1. The highest BCUT2D eigenvalue weighted by Crippen LogP contribution is 2.26. The summed E-state index contributed by atoms with van der Waals surface area (Å²) in [7, 11) is 0. The lowest BCUT2D eigenvalue weighted by Crippen LogP contribution is -2.48. The number of hydrogen-bond acceptors (Lipinski definition) is 3. The molecule has 0 bridgehead atoms. The lowest BCUT2D eigenvalue weighted by Gasteiger charge is -2.38. The van der Waals surface area contributed by atoms with Gasteiger partial charge in [0.25, 0.3) is 0 Å². The van der Waals surface area contributed by atoms with E-state index in [1.165, 1.54) is 51.6 Å². The van der Waals surface area contributed by atoms with Crippen LogP contribution in [0, 0.1) is 0 Å². The fourth-order valence-electron chi connectivity index (χ4n) is 4.61. The van der Waals surface area contributed by atoms with Crippen molar-refractivity contribution < 1.29 is 4.79 Å². The first-order chi connectivity index (χ1) is 10.8. The van der Waals surface area contributed by atoms with E-state index in [1.807, 2.05) is 0 Å². The quantitative estimate of drug-likeness (QED) is 0.641. The van der Waals surface area contributed by atoms with Crippen LogP contribution in [-0.4, -0.2) is 53.8 Å². The Morgan fingerprint density at radius 1 is 0.864 bits per heavy atom. The molecule has 0 aromatic carbocycles. The SMILES string of the molecule is CC1=CCCN2CCCCC12.O=C1CCCN2CCCCC12.